The third kappa shape index (κ3) is 3.00. The van der Waals surface area contributed by atoms with Gasteiger partial charge in [0, 0.05) is 13.1 Å². The number of carbonyl (C=O) groups is 2. The van der Waals surface area contributed by atoms with Crippen molar-refractivity contribution in [2.45, 2.75) is 18.6 Å². The van der Waals surface area contributed by atoms with Crippen LogP contribution in [-0.2, 0) is 9.53 Å². The van der Waals surface area contributed by atoms with E-state index in [9.17, 15) is 9.59 Å². The highest BCUT2D eigenvalue weighted by Gasteiger charge is 2.22. The van der Waals surface area contributed by atoms with Crippen molar-refractivity contribution >= 4 is 23.6 Å². The summed E-state index contributed by atoms with van der Waals surface area (Å²) in [5, 5.41) is 7.42. The normalized spacial score (nSPS) is 14.2. The van der Waals surface area contributed by atoms with Crippen LogP contribution in [0.15, 0.2) is 9.64 Å². The maximum atomic E-state index is 11.6. The van der Waals surface area contributed by atoms with Crippen molar-refractivity contribution in [1.82, 2.24) is 15.1 Å². The molecule has 1 aromatic rings. The Morgan fingerprint density at radius 3 is 2.83 bits per heavy atom. The molecule has 1 amide bonds. The van der Waals surface area contributed by atoms with Crippen molar-refractivity contribution in [3.63, 3.8) is 0 Å². The Morgan fingerprint density at radius 2 is 2.22 bits per heavy atom. The van der Waals surface area contributed by atoms with Crippen LogP contribution in [0.1, 0.15) is 24.0 Å². The molecule has 0 aliphatic carbocycles. The summed E-state index contributed by atoms with van der Waals surface area (Å²) in [6.45, 7) is 3.57. The number of thioether (sulfide) groups is 1. The predicted molar refractivity (Wildman–Crippen MR) is 62.2 cm³/mol. The Balaban J connectivity index is 1.82. The third-order valence-corrected chi connectivity index (χ3v) is 3.19. The summed E-state index contributed by atoms with van der Waals surface area (Å²) in [5.41, 5.74) is 0. The summed E-state index contributed by atoms with van der Waals surface area (Å²) in [6, 6.07) is 0. The number of esters is 1. The molecule has 7 nitrogen and oxygen atoms in total. The fraction of sp³-hybridized carbons (Fsp3) is 0.600. The first-order valence-corrected chi connectivity index (χ1v) is 6.60. The average Bonchev–Trinajstić information content (AvgIpc) is 2.73. The first-order valence-electron chi connectivity index (χ1n) is 5.62. The van der Waals surface area contributed by atoms with E-state index >= 15 is 0 Å². The number of carbonyl (C=O) groups excluding carboxylic acids is 2. The summed E-state index contributed by atoms with van der Waals surface area (Å²) in [4.78, 5) is 24.6. The maximum absolute atomic E-state index is 11.6. The molecule has 1 aliphatic heterocycles. The molecule has 0 unspecified atom stereocenters. The van der Waals surface area contributed by atoms with Gasteiger partial charge in [-0.1, -0.05) is 16.9 Å². The fourth-order valence-corrected chi connectivity index (χ4v) is 1.99. The van der Waals surface area contributed by atoms with Crippen LogP contribution in [0.25, 0.3) is 0 Å². The van der Waals surface area contributed by atoms with Crippen molar-refractivity contribution in [2.24, 2.45) is 0 Å². The third-order valence-electron chi connectivity index (χ3n) is 2.38. The van der Waals surface area contributed by atoms with E-state index in [1.54, 1.807) is 11.8 Å². The highest BCUT2D eigenvalue weighted by Crippen LogP contribution is 2.18. The number of ether oxygens (including phenoxy) is 1. The van der Waals surface area contributed by atoms with Crippen LogP contribution in [0.3, 0.4) is 0 Å². The highest BCUT2D eigenvalue weighted by molar-refractivity contribution is 7.99. The second-order valence-electron chi connectivity index (χ2n) is 3.62. The minimum atomic E-state index is -0.647. The van der Waals surface area contributed by atoms with Gasteiger partial charge in [-0.2, -0.15) is 0 Å². The van der Waals surface area contributed by atoms with Crippen molar-refractivity contribution in [3.05, 3.63) is 5.89 Å². The van der Waals surface area contributed by atoms with E-state index in [0.717, 1.165) is 31.3 Å². The molecule has 2 heterocycles. The van der Waals surface area contributed by atoms with E-state index in [1.807, 2.05) is 0 Å². The molecule has 18 heavy (non-hydrogen) atoms. The molecular formula is C10H13N3O4S. The van der Waals surface area contributed by atoms with E-state index in [2.05, 4.69) is 10.2 Å². The van der Waals surface area contributed by atoms with Gasteiger partial charge in [-0.25, -0.2) is 4.79 Å². The lowest BCUT2D eigenvalue weighted by Crippen LogP contribution is -2.43. The van der Waals surface area contributed by atoms with Gasteiger partial charge < -0.3 is 14.1 Å². The number of aromatic nitrogens is 2. The predicted octanol–water partition coefficient (Wildman–Crippen LogP) is 0.571. The molecule has 8 heteroatoms. The number of hydrogen-bond acceptors (Lipinski definition) is 7. The largest absolute Gasteiger partial charge is 0.459 e. The Kier molecular flexibility index (Phi) is 4.19. The van der Waals surface area contributed by atoms with Crippen LogP contribution < -0.4 is 0 Å². The van der Waals surface area contributed by atoms with Gasteiger partial charge in [0.15, 0.2) is 0 Å². The maximum Gasteiger partial charge on any atom is 0.396 e. The molecule has 1 saturated heterocycles. The molecular weight excluding hydrogens is 258 g/mol. The minimum absolute atomic E-state index is 0.0436. The SMILES string of the molecule is CCOC(=O)c1nnc(SCC(=O)N2CCC2)o1. The molecule has 0 atom stereocenters. The van der Waals surface area contributed by atoms with Crippen molar-refractivity contribution in [3.8, 4) is 0 Å². The van der Waals surface area contributed by atoms with Gasteiger partial charge >= 0.3 is 11.9 Å². The zero-order valence-corrected chi connectivity index (χ0v) is 10.7. The van der Waals surface area contributed by atoms with E-state index in [-0.39, 0.29) is 29.4 Å². The lowest BCUT2D eigenvalue weighted by Gasteiger charge is -2.30. The van der Waals surface area contributed by atoms with Gasteiger partial charge in [0.2, 0.25) is 5.91 Å². The monoisotopic (exact) mass is 271 g/mol. The number of rotatable bonds is 5. The summed E-state index contributed by atoms with van der Waals surface area (Å²) < 4.78 is 9.79. The molecule has 2 rings (SSSR count). The summed E-state index contributed by atoms with van der Waals surface area (Å²) in [6.07, 6.45) is 1.06. The minimum Gasteiger partial charge on any atom is -0.459 e. The molecule has 0 N–H and O–H groups in total. The van der Waals surface area contributed by atoms with Gasteiger partial charge in [-0.3, -0.25) is 4.79 Å². The van der Waals surface area contributed by atoms with Crippen LogP contribution >= 0.6 is 11.8 Å². The van der Waals surface area contributed by atoms with Gasteiger partial charge in [-0.05, 0) is 13.3 Å². The molecule has 0 saturated carbocycles. The van der Waals surface area contributed by atoms with E-state index in [4.69, 9.17) is 9.15 Å². The smallest absolute Gasteiger partial charge is 0.396 e. The molecule has 0 radical (unpaired) electrons. The van der Waals surface area contributed by atoms with Crippen molar-refractivity contribution < 1.29 is 18.7 Å². The summed E-state index contributed by atoms with van der Waals surface area (Å²) in [7, 11) is 0. The number of hydrogen-bond donors (Lipinski definition) is 0. The Hall–Kier alpha value is -1.57. The zero-order valence-electron chi connectivity index (χ0n) is 9.92. The van der Waals surface area contributed by atoms with Gasteiger partial charge in [0.25, 0.3) is 5.22 Å². The number of nitrogens with zero attached hydrogens (tertiary/aromatic N) is 3. The topological polar surface area (TPSA) is 85.5 Å². The lowest BCUT2D eigenvalue weighted by molar-refractivity contribution is -0.131. The quantitative estimate of drug-likeness (QED) is 0.571. The van der Waals surface area contributed by atoms with Crippen LogP contribution in [0.2, 0.25) is 0 Å². The number of likely N-dealkylation sites (tertiary alicyclic amines) is 1. The second-order valence-corrected chi connectivity index (χ2v) is 4.54. The summed E-state index contributed by atoms with van der Waals surface area (Å²) >= 11 is 1.12. The van der Waals surface area contributed by atoms with E-state index < -0.39 is 5.97 Å². The molecule has 0 aromatic carbocycles. The van der Waals surface area contributed by atoms with Gasteiger partial charge in [0.05, 0.1) is 12.4 Å². The molecule has 0 spiro atoms. The number of amides is 1. The van der Waals surface area contributed by atoms with Gasteiger partial charge in [0.1, 0.15) is 0 Å². The standard InChI is InChI=1S/C10H13N3O4S/c1-2-16-9(15)8-11-12-10(17-8)18-6-7(14)13-4-3-5-13/h2-6H2,1H3. The van der Waals surface area contributed by atoms with Crippen molar-refractivity contribution in [2.75, 3.05) is 25.4 Å². The molecule has 98 valence electrons. The Labute approximate surface area is 108 Å². The lowest BCUT2D eigenvalue weighted by atomic mass is 10.2. The van der Waals surface area contributed by atoms with Crippen LogP contribution in [0.4, 0.5) is 0 Å². The van der Waals surface area contributed by atoms with Crippen LogP contribution in [-0.4, -0.2) is 52.4 Å². The Morgan fingerprint density at radius 1 is 1.44 bits per heavy atom. The Bertz CT molecular complexity index is 444. The van der Waals surface area contributed by atoms with Gasteiger partial charge in [-0.15, -0.1) is 5.10 Å². The van der Waals surface area contributed by atoms with E-state index in [0.29, 0.717) is 0 Å². The first-order chi connectivity index (χ1) is 8.70. The van der Waals surface area contributed by atoms with E-state index in [1.165, 1.54) is 0 Å². The van der Waals surface area contributed by atoms with Crippen molar-refractivity contribution in [1.29, 1.82) is 0 Å². The van der Waals surface area contributed by atoms with Crippen LogP contribution in [0, 0.1) is 0 Å². The summed E-state index contributed by atoms with van der Waals surface area (Å²) in [5.74, 6) is -0.548. The molecule has 1 aliphatic rings. The molecule has 0 bridgehead atoms. The average molecular weight is 271 g/mol. The second kappa shape index (κ2) is 5.85. The first kappa shape index (κ1) is 12.9. The zero-order chi connectivity index (χ0) is 13.0. The molecule has 1 fully saturated rings. The molecule has 1 aromatic heterocycles. The highest BCUT2D eigenvalue weighted by atomic mass is 32.2. The fourth-order valence-electron chi connectivity index (χ4n) is 1.32. The van der Waals surface area contributed by atoms with Crippen LogP contribution in [0.5, 0.6) is 0 Å².